The van der Waals surface area contributed by atoms with Gasteiger partial charge in [0.2, 0.25) is 0 Å². The zero-order valence-electron chi connectivity index (χ0n) is 35.1. The van der Waals surface area contributed by atoms with Gasteiger partial charge in [0.05, 0.1) is 18.6 Å². The minimum absolute atomic E-state index is 0. The van der Waals surface area contributed by atoms with Gasteiger partial charge in [0.25, 0.3) is 0 Å². The van der Waals surface area contributed by atoms with Crippen molar-refractivity contribution in [1.82, 2.24) is 4.98 Å². The Bertz CT molecular complexity index is 2790. The molecule has 0 saturated carbocycles. The summed E-state index contributed by atoms with van der Waals surface area (Å²) in [5, 5.41) is 16.0. The molecule has 11 heteroatoms. The number of benzene rings is 5. The van der Waals surface area contributed by atoms with Crippen LogP contribution in [0.5, 0.6) is 0 Å². The first-order valence-electron chi connectivity index (χ1n) is 20.4. The first kappa shape index (κ1) is 46.7. The molecular weight excluding hydrogens is 997 g/mol. The van der Waals surface area contributed by atoms with E-state index < -0.39 is 48.6 Å². The maximum Gasteiger partial charge on any atom is 0.389 e. The number of nitrogens with zero attached hydrogens (tertiary/aromatic N) is 1. The summed E-state index contributed by atoms with van der Waals surface area (Å²) in [6.45, 7) is 12.5. The van der Waals surface area contributed by atoms with Gasteiger partial charge in [-0.15, -0.1) is 40.5 Å². The van der Waals surface area contributed by atoms with Crippen molar-refractivity contribution in [2.75, 3.05) is 0 Å². The van der Waals surface area contributed by atoms with E-state index >= 15 is 0 Å². The normalized spacial score (nSPS) is 12.8. The average molecular weight is 1040 g/mol. The number of pyridine rings is 1. The number of aromatic nitrogens is 1. The van der Waals surface area contributed by atoms with Crippen molar-refractivity contribution in [2.24, 2.45) is 11.8 Å². The molecule has 8 rings (SSSR count). The molecule has 1 aliphatic rings. The van der Waals surface area contributed by atoms with E-state index in [0.717, 1.165) is 16.6 Å². The molecule has 62 heavy (non-hydrogen) atoms. The van der Waals surface area contributed by atoms with Crippen LogP contribution in [0.15, 0.2) is 109 Å². The molecule has 0 fully saturated rings. The summed E-state index contributed by atoms with van der Waals surface area (Å²) in [6, 6.07) is 37.1. The molecule has 1 N–H and O–H groups in total. The standard InChI is InChI=1S/C38H28NS.C13H18F6O2.Ir/c1-22-27-17-18-39-35(26-19-24-9-5-6-12-28(24)33(21-26)38(2,3)4)37(27)40-36(22)25-15-16-29-30-13-7-10-23-11-8-14-31(34(23)30)32(29)20-25;1-3-8(4-2)10(20)5-11(21)9(6-12(14,15)16)7-13(17,18)19;/h5-18,20-21H,1-4H3;5,8-9,20H,3-4,6-7H2,1-2H3;/q-1;;/b;10-5-;. The van der Waals surface area contributed by atoms with Crippen LogP contribution in [-0.4, -0.2) is 28.2 Å². The average Bonchev–Trinajstić information content (AvgIpc) is 3.71. The van der Waals surface area contributed by atoms with Gasteiger partial charge in [-0.25, -0.2) is 0 Å². The predicted molar refractivity (Wildman–Crippen MR) is 237 cm³/mol. The molecule has 5 aromatic carbocycles. The van der Waals surface area contributed by atoms with Crippen molar-refractivity contribution in [3.63, 3.8) is 0 Å². The van der Waals surface area contributed by atoms with Gasteiger partial charge < -0.3 is 5.11 Å². The maximum atomic E-state index is 12.3. The van der Waals surface area contributed by atoms with Crippen LogP contribution >= 0.6 is 11.3 Å². The van der Waals surface area contributed by atoms with Crippen molar-refractivity contribution in [1.29, 1.82) is 0 Å². The fourth-order valence-electron chi connectivity index (χ4n) is 8.45. The molecule has 0 spiro atoms. The summed E-state index contributed by atoms with van der Waals surface area (Å²) in [5.74, 6) is -4.54. The van der Waals surface area contributed by atoms with Crippen LogP contribution in [0.1, 0.15) is 71.4 Å². The molecule has 325 valence electrons. The van der Waals surface area contributed by atoms with Gasteiger partial charge in [-0.3, -0.25) is 9.78 Å². The molecular formula is C51H46F6IrNO2S-. The quantitative estimate of drug-likeness (QED) is 0.0678. The number of carbonyl (C=O) groups is 1. The minimum atomic E-state index is -4.88. The molecule has 0 amide bonds. The number of halogens is 6. The zero-order valence-corrected chi connectivity index (χ0v) is 38.3. The van der Waals surface area contributed by atoms with Crippen molar-refractivity contribution in [3.8, 4) is 44.0 Å². The predicted octanol–water partition coefficient (Wildman–Crippen LogP) is 15.9. The SMILES string of the molecule is CCC(CC)/C(O)=C/C(=O)C(CC(F)(F)F)CC(F)(F)F.Cc1c(-c2ccc3c(c2)-c2cccc4cccc-3c24)sc2c(-c3[c-]c4ccccc4c(C(C)(C)C)c3)nccc12.[Ir]. The second-order valence-electron chi connectivity index (χ2n) is 16.8. The number of hydrogen-bond donors (Lipinski definition) is 1. The Hall–Kier alpha value is -4.83. The van der Waals surface area contributed by atoms with Crippen LogP contribution < -0.4 is 0 Å². The summed E-state index contributed by atoms with van der Waals surface area (Å²) in [7, 11) is 0. The van der Waals surface area contributed by atoms with Crippen LogP contribution in [-0.2, 0) is 30.3 Å². The molecule has 0 saturated heterocycles. The van der Waals surface area contributed by atoms with E-state index in [9.17, 15) is 36.2 Å². The molecule has 0 aliphatic heterocycles. The molecule has 2 aromatic heterocycles. The molecule has 3 nitrogen and oxygen atoms in total. The van der Waals surface area contributed by atoms with Gasteiger partial charge in [-0.05, 0) is 86.9 Å². The van der Waals surface area contributed by atoms with Gasteiger partial charge >= 0.3 is 12.4 Å². The summed E-state index contributed by atoms with van der Waals surface area (Å²) >= 11 is 1.86. The summed E-state index contributed by atoms with van der Waals surface area (Å²) in [4.78, 5) is 17.9. The number of alkyl halides is 6. The van der Waals surface area contributed by atoms with Crippen molar-refractivity contribution < 1.29 is 56.3 Å². The van der Waals surface area contributed by atoms with Crippen LogP contribution in [0.25, 0.3) is 75.6 Å². The summed E-state index contributed by atoms with van der Waals surface area (Å²) in [5.41, 5.74) is 11.4. The number of ketones is 1. The fraction of sp³-hybridized carbons (Fsp3) is 0.294. The third-order valence-electron chi connectivity index (χ3n) is 11.5. The van der Waals surface area contributed by atoms with Crippen LogP contribution in [0, 0.1) is 24.8 Å². The molecule has 0 atom stereocenters. The molecule has 0 unspecified atom stereocenters. The smallest absolute Gasteiger partial charge is 0.389 e. The third kappa shape index (κ3) is 9.70. The topological polar surface area (TPSA) is 50.2 Å². The van der Waals surface area contributed by atoms with E-state index in [-0.39, 0.29) is 25.5 Å². The van der Waals surface area contributed by atoms with Crippen molar-refractivity contribution >= 4 is 48.8 Å². The van der Waals surface area contributed by atoms with Gasteiger partial charge in [-0.2, -0.15) is 26.3 Å². The number of fused-ring (bicyclic) bond motifs is 5. The number of carbonyl (C=O) groups excluding carboxylic acids is 1. The van der Waals surface area contributed by atoms with Crippen molar-refractivity contribution in [2.45, 2.75) is 85.0 Å². The minimum Gasteiger partial charge on any atom is -0.512 e. The Morgan fingerprint density at radius 2 is 1.40 bits per heavy atom. The number of allylic oxidation sites excluding steroid dienone is 2. The first-order valence-corrected chi connectivity index (χ1v) is 21.2. The van der Waals surface area contributed by atoms with Crippen LogP contribution in [0.4, 0.5) is 26.3 Å². The number of aliphatic hydroxyl groups excluding tert-OH is 1. The number of aliphatic hydroxyl groups is 1. The van der Waals surface area contributed by atoms with E-state index in [2.05, 4.69) is 125 Å². The number of rotatable bonds is 9. The largest absolute Gasteiger partial charge is 0.512 e. The van der Waals surface area contributed by atoms with E-state index in [1.165, 1.54) is 70.1 Å². The van der Waals surface area contributed by atoms with E-state index in [0.29, 0.717) is 18.9 Å². The van der Waals surface area contributed by atoms with Crippen LogP contribution in [0.2, 0.25) is 0 Å². The Morgan fingerprint density at radius 3 is 2.02 bits per heavy atom. The Morgan fingerprint density at radius 1 is 0.774 bits per heavy atom. The van der Waals surface area contributed by atoms with Gasteiger partial charge in [0, 0.05) is 59.5 Å². The second kappa shape index (κ2) is 18.1. The Labute approximate surface area is 375 Å². The Kier molecular flexibility index (Phi) is 13.6. The fourth-order valence-corrected chi connectivity index (χ4v) is 9.75. The van der Waals surface area contributed by atoms with Gasteiger partial charge in [0.1, 0.15) is 0 Å². The molecule has 0 bridgehead atoms. The second-order valence-corrected chi connectivity index (χ2v) is 17.8. The molecule has 1 aliphatic carbocycles. The third-order valence-corrected chi connectivity index (χ3v) is 12.9. The number of aryl methyl sites for hydroxylation is 1. The molecule has 2 heterocycles. The maximum absolute atomic E-state index is 12.3. The van der Waals surface area contributed by atoms with E-state index in [1.54, 1.807) is 13.8 Å². The molecule has 1 radical (unpaired) electrons. The Balaban J connectivity index is 0.000000251. The van der Waals surface area contributed by atoms with Crippen molar-refractivity contribution in [3.05, 3.63) is 126 Å². The van der Waals surface area contributed by atoms with Gasteiger partial charge in [0.15, 0.2) is 5.78 Å². The summed E-state index contributed by atoms with van der Waals surface area (Å²) < 4.78 is 74.8. The van der Waals surface area contributed by atoms with Gasteiger partial charge in [-0.1, -0.05) is 112 Å². The molecule has 7 aromatic rings. The van der Waals surface area contributed by atoms with E-state index in [4.69, 9.17) is 4.98 Å². The summed E-state index contributed by atoms with van der Waals surface area (Å²) in [6.07, 6.45) is -10.2. The first-order chi connectivity index (χ1) is 28.8. The monoisotopic (exact) mass is 1040 g/mol. The number of hydrogen-bond acceptors (Lipinski definition) is 4. The number of thiophene rings is 1. The van der Waals surface area contributed by atoms with E-state index in [1.807, 2.05) is 17.5 Å². The zero-order chi connectivity index (χ0) is 44.0. The van der Waals surface area contributed by atoms with Crippen LogP contribution in [0.3, 0.4) is 0 Å².